The van der Waals surface area contributed by atoms with E-state index in [0.29, 0.717) is 0 Å². The van der Waals surface area contributed by atoms with Crippen molar-refractivity contribution in [2.24, 2.45) is 7.05 Å². The summed E-state index contributed by atoms with van der Waals surface area (Å²) >= 11 is 3.03. The lowest BCUT2D eigenvalue weighted by Gasteiger charge is -2.19. The minimum atomic E-state index is -0.286. The van der Waals surface area contributed by atoms with E-state index in [2.05, 4.69) is 48.4 Å². The summed E-state index contributed by atoms with van der Waals surface area (Å²) in [7, 11) is 1.92. The Morgan fingerprint density at radius 3 is 2.48 bits per heavy atom. The monoisotopic (exact) mass is 400 g/mol. The maximum Gasteiger partial charge on any atom is 0.237 e. The average Bonchev–Trinajstić information content (AvgIpc) is 3.25. The zero-order valence-corrected chi connectivity index (χ0v) is 17.8. The first-order chi connectivity index (χ1) is 12.8. The van der Waals surface area contributed by atoms with E-state index in [1.54, 1.807) is 11.3 Å². The van der Waals surface area contributed by atoms with Crippen molar-refractivity contribution < 1.29 is 4.79 Å². The predicted octanol–water partition coefficient (Wildman–Crippen LogP) is 4.96. The molecule has 1 unspecified atom stereocenters. The highest BCUT2D eigenvalue weighted by molar-refractivity contribution is 8.00. The molecule has 2 aromatic heterocycles. The number of aromatic nitrogens is 3. The van der Waals surface area contributed by atoms with Crippen LogP contribution >= 0.6 is 23.1 Å². The van der Waals surface area contributed by atoms with Crippen molar-refractivity contribution in [2.75, 3.05) is 5.32 Å². The summed E-state index contributed by atoms with van der Waals surface area (Å²) in [6, 6.07) is 12.0. The maximum absolute atomic E-state index is 12.6. The van der Waals surface area contributed by atoms with E-state index in [0.717, 1.165) is 21.5 Å². The second-order valence-electron chi connectivity index (χ2n) is 7.42. The lowest BCUT2D eigenvalue weighted by atomic mass is 9.87. The standard InChI is InChI=1S/C20H24N4OS2/c1-13(18(25)21-15-10-8-14(9-11-15)20(2,3)4)27-19-23-22-17(24(19)5)16-7-6-12-26-16/h6-13H,1-5H3,(H,21,25). The molecule has 1 N–H and O–H groups in total. The van der Waals surface area contributed by atoms with Crippen molar-refractivity contribution in [3.63, 3.8) is 0 Å². The summed E-state index contributed by atoms with van der Waals surface area (Å²) in [6.45, 7) is 8.39. The first-order valence-corrected chi connectivity index (χ1v) is 10.5. The smallest absolute Gasteiger partial charge is 0.237 e. The van der Waals surface area contributed by atoms with Gasteiger partial charge in [0.1, 0.15) is 0 Å². The van der Waals surface area contributed by atoms with Crippen molar-refractivity contribution in [3.8, 4) is 10.7 Å². The van der Waals surface area contributed by atoms with Gasteiger partial charge in [-0.1, -0.05) is 50.7 Å². The van der Waals surface area contributed by atoms with E-state index in [1.807, 2.05) is 48.2 Å². The van der Waals surface area contributed by atoms with E-state index in [9.17, 15) is 4.79 Å². The van der Waals surface area contributed by atoms with Gasteiger partial charge in [-0.3, -0.25) is 4.79 Å². The molecule has 3 aromatic rings. The summed E-state index contributed by atoms with van der Waals surface area (Å²) in [6.07, 6.45) is 0. The predicted molar refractivity (Wildman–Crippen MR) is 113 cm³/mol. The second-order valence-corrected chi connectivity index (χ2v) is 9.67. The zero-order valence-electron chi connectivity index (χ0n) is 16.2. The van der Waals surface area contributed by atoms with Crippen molar-refractivity contribution in [2.45, 2.75) is 43.5 Å². The number of benzene rings is 1. The number of thiophene rings is 1. The van der Waals surface area contributed by atoms with E-state index in [4.69, 9.17) is 0 Å². The molecule has 1 aromatic carbocycles. The van der Waals surface area contributed by atoms with Crippen LogP contribution in [0.3, 0.4) is 0 Å². The summed E-state index contributed by atoms with van der Waals surface area (Å²) < 4.78 is 1.93. The molecule has 0 aliphatic carbocycles. The van der Waals surface area contributed by atoms with E-state index in [1.165, 1.54) is 17.3 Å². The normalized spacial score (nSPS) is 12.8. The quantitative estimate of drug-likeness (QED) is 0.615. The molecule has 3 rings (SSSR count). The third-order valence-corrected chi connectivity index (χ3v) is 6.25. The second kappa shape index (κ2) is 7.86. The van der Waals surface area contributed by atoms with Gasteiger partial charge in [0.15, 0.2) is 11.0 Å². The summed E-state index contributed by atoms with van der Waals surface area (Å²) in [4.78, 5) is 13.6. The van der Waals surface area contributed by atoms with Gasteiger partial charge in [-0.2, -0.15) is 0 Å². The van der Waals surface area contributed by atoms with Crippen molar-refractivity contribution in [1.82, 2.24) is 14.8 Å². The first-order valence-electron chi connectivity index (χ1n) is 8.77. The molecule has 0 radical (unpaired) electrons. The fourth-order valence-electron chi connectivity index (χ4n) is 2.55. The Balaban J connectivity index is 1.64. The number of hydrogen-bond donors (Lipinski definition) is 1. The topological polar surface area (TPSA) is 59.8 Å². The van der Waals surface area contributed by atoms with Gasteiger partial charge in [-0.15, -0.1) is 21.5 Å². The van der Waals surface area contributed by atoms with Crippen LogP contribution in [0.1, 0.15) is 33.3 Å². The molecule has 1 amide bonds. The lowest BCUT2D eigenvalue weighted by Crippen LogP contribution is -2.23. The Bertz CT molecular complexity index is 909. The summed E-state index contributed by atoms with van der Waals surface area (Å²) in [5.74, 6) is 0.766. The number of carbonyl (C=O) groups excluding carboxylic acids is 1. The molecule has 0 fully saturated rings. The van der Waals surface area contributed by atoms with Crippen LogP contribution in [-0.2, 0) is 17.3 Å². The van der Waals surface area contributed by atoms with Gasteiger partial charge in [0.05, 0.1) is 10.1 Å². The number of carbonyl (C=O) groups is 1. The number of thioether (sulfide) groups is 1. The molecule has 0 bridgehead atoms. The van der Waals surface area contributed by atoms with Crippen LogP contribution < -0.4 is 5.32 Å². The number of nitrogens with one attached hydrogen (secondary N) is 1. The minimum absolute atomic E-state index is 0.0517. The zero-order chi connectivity index (χ0) is 19.6. The molecule has 0 saturated heterocycles. The molecule has 2 heterocycles. The molecule has 0 aliphatic heterocycles. The molecule has 5 nitrogen and oxygen atoms in total. The van der Waals surface area contributed by atoms with Gasteiger partial charge in [-0.25, -0.2) is 0 Å². The Kier molecular flexibility index (Phi) is 5.72. The van der Waals surface area contributed by atoms with Crippen molar-refractivity contribution in [3.05, 3.63) is 47.3 Å². The van der Waals surface area contributed by atoms with Crippen molar-refractivity contribution in [1.29, 1.82) is 0 Å². The average molecular weight is 401 g/mol. The fourth-order valence-corrected chi connectivity index (χ4v) is 4.11. The molecular formula is C20H24N4OS2. The van der Waals surface area contributed by atoms with Crippen LogP contribution in [0.4, 0.5) is 5.69 Å². The number of anilines is 1. The Morgan fingerprint density at radius 2 is 1.89 bits per heavy atom. The van der Waals surface area contributed by atoms with Gasteiger partial charge < -0.3 is 9.88 Å². The van der Waals surface area contributed by atoms with Gasteiger partial charge in [-0.05, 0) is 41.5 Å². The molecule has 142 valence electrons. The molecule has 1 atom stereocenters. The SMILES string of the molecule is CC(Sc1nnc(-c2cccs2)n1C)C(=O)Nc1ccc(C(C)(C)C)cc1. The number of nitrogens with zero attached hydrogens (tertiary/aromatic N) is 3. The van der Waals surface area contributed by atoms with Crippen molar-refractivity contribution >= 4 is 34.7 Å². The number of amides is 1. The van der Waals surface area contributed by atoms with Crippen LogP contribution in [0.15, 0.2) is 46.9 Å². The van der Waals surface area contributed by atoms with Gasteiger partial charge in [0.2, 0.25) is 5.91 Å². The van der Waals surface area contributed by atoms with Crippen LogP contribution in [0.2, 0.25) is 0 Å². The van der Waals surface area contributed by atoms with E-state index >= 15 is 0 Å². The Labute approximate surface area is 168 Å². The first kappa shape index (κ1) is 19.6. The molecule has 0 aliphatic rings. The van der Waals surface area contributed by atoms with E-state index < -0.39 is 0 Å². The summed E-state index contributed by atoms with van der Waals surface area (Å²) in [5.41, 5.74) is 2.14. The van der Waals surface area contributed by atoms with Crippen LogP contribution in [-0.4, -0.2) is 25.9 Å². The summed E-state index contributed by atoms with van der Waals surface area (Å²) in [5, 5.41) is 13.9. The maximum atomic E-state index is 12.6. The number of rotatable bonds is 5. The highest BCUT2D eigenvalue weighted by Crippen LogP contribution is 2.29. The van der Waals surface area contributed by atoms with Gasteiger partial charge in [0.25, 0.3) is 0 Å². The third-order valence-electron chi connectivity index (χ3n) is 4.25. The van der Waals surface area contributed by atoms with Gasteiger partial charge >= 0.3 is 0 Å². The highest BCUT2D eigenvalue weighted by Gasteiger charge is 2.20. The molecule has 0 saturated carbocycles. The molecule has 0 spiro atoms. The Hall–Kier alpha value is -2.12. The number of hydrogen-bond acceptors (Lipinski definition) is 5. The lowest BCUT2D eigenvalue weighted by molar-refractivity contribution is -0.115. The van der Waals surface area contributed by atoms with Crippen LogP contribution in [0.5, 0.6) is 0 Å². The Morgan fingerprint density at radius 1 is 1.19 bits per heavy atom. The molecule has 27 heavy (non-hydrogen) atoms. The highest BCUT2D eigenvalue weighted by atomic mass is 32.2. The molecular weight excluding hydrogens is 376 g/mol. The largest absolute Gasteiger partial charge is 0.325 e. The third kappa shape index (κ3) is 4.59. The fraction of sp³-hybridized carbons (Fsp3) is 0.350. The minimum Gasteiger partial charge on any atom is -0.325 e. The van der Waals surface area contributed by atoms with Crippen LogP contribution in [0.25, 0.3) is 10.7 Å². The van der Waals surface area contributed by atoms with E-state index in [-0.39, 0.29) is 16.6 Å². The van der Waals surface area contributed by atoms with Crippen LogP contribution in [0, 0.1) is 0 Å². The molecule has 7 heteroatoms. The van der Waals surface area contributed by atoms with Gasteiger partial charge in [0, 0.05) is 12.7 Å².